The lowest BCUT2D eigenvalue weighted by Gasteiger charge is -2.18. The predicted molar refractivity (Wildman–Crippen MR) is 105 cm³/mol. The molecule has 0 aliphatic carbocycles. The summed E-state index contributed by atoms with van der Waals surface area (Å²) in [6.07, 6.45) is 3.62. The number of primary amides is 1. The molecule has 4 aromatic rings. The molecule has 1 aromatic carbocycles. The summed E-state index contributed by atoms with van der Waals surface area (Å²) >= 11 is 0. The summed E-state index contributed by atoms with van der Waals surface area (Å²) in [5, 5.41) is 4.53. The minimum Gasteiger partial charge on any atom is -0.480 e. The number of nitrogens with zero attached hydrogens (tertiary/aromatic N) is 4. The molecule has 30 heavy (non-hydrogen) atoms. The van der Waals surface area contributed by atoms with Crippen molar-refractivity contribution in [3.63, 3.8) is 0 Å². The van der Waals surface area contributed by atoms with Crippen molar-refractivity contribution in [3.8, 4) is 11.4 Å². The maximum absolute atomic E-state index is 14.0. The second kappa shape index (κ2) is 7.39. The van der Waals surface area contributed by atoms with Gasteiger partial charge >= 0.3 is 0 Å². The van der Waals surface area contributed by atoms with E-state index in [0.717, 1.165) is 12.3 Å². The van der Waals surface area contributed by atoms with E-state index in [1.807, 2.05) is 0 Å². The number of ether oxygens (including phenoxy) is 1. The van der Waals surface area contributed by atoms with Crippen LogP contribution in [0.2, 0.25) is 0 Å². The lowest BCUT2D eigenvalue weighted by atomic mass is 10.1. The number of rotatable bonds is 5. The molecule has 0 bridgehead atoms. The lowest BCUT2D eigenvalue weighted by molar-refractivity contribution is 0.0996. The highest BCUT2D eigenvalue weighted by Gasteiger charge is 2.19. The van der Waals surface area contributed by atoms with Gasteiger partial charge in [-0.1, -0.05) is 0 Å². The van der Waals surface area contributed by atoms with E-state index in [1.165, 1.54) is 22.9 Å². The molecule has 0 aliphatic heterocycles. The molecule has 4 N–H and O–H groups in total. The molecule has 1 amide bonds. The third-order valence-corrected chi connectivity index (χ3v) is 4.47. The van der Waals surface area contributed by atoms with Crippen molar-refractivity contribution in [2.24, 2.45) is 5.73 Å². The SMILES string of the molecule is C[C@H](Oc1cc2cc(C(N)=O)c(F)cc2nc1N)c1ncc(F)cc1-n1cccn1. The third-order valence-electron chi connectivity index (χ3n) is 4.47. The first-order valence-corrected chi connectivity index (χ1v) is 8.85. The maximum Gasteiger partial charge on any atom is 0.251 e. The number of anilines is 1. The number of carbonyl (C=O) groups is 1. The van der Waals surface area contributed by atoms with E-state index in [9.17, 15) is 13.6 Å². The number of carbonyl (C=O) groups excluding carboxylic acids is 1. The van der Waals surface area contributed by atoms with Gasteiger partial charge in [0.05, 0.1) is 23.0 Å². The van der Waals surface area contributed by atoms with E-state index >= 15 is 0 Å². The fourth-order valence-corrected chi connectivity index (χ4v) is 3.07. The first-order valence-electron chi connectivity index (χ1n) is 8.85. The number of hydrogen-bond acceptors (Lipinski definition) is 6. The van der Waals surface area contributed by atoms with E-state index in [2.05, 4.69) is 15.1 Å². The van der Waals surface area contributed by atoms with E-state index in [4.69, 9.17) is 16.2 Å². The van der Waals surface area contributed by atoms with Crippen LogP contribution in [0.1, 0.15) is 29.1 Å². The summed E-state index contributed by atoms with van der Waals surface area (Å²) in [5.74, 6) is -2.01. The average molecular weight is 410 g/mol. The smallest absolute Gasteiger partial charge is 0.251 e. The number of pyridine rings is 2. The van der Waals surface area contributed by atoms with Crippen molar-refractivity contribution in [3.05, 3.63) is 71.8 Å². The first-order chi connectivity index (χ1) is 14.3. The molecule has 4 rings (SSSR count). The Labute approximate surface area is 169 Å². The van der Waals surface area contributed by atoms with E-state index in [-0.39, 0.29) is 22.6 Å². The van der Waals surface area contributed by atoms with Crippen LogP contribution in [0.5, 0.6) is 5.75 Å². The Morgan fingerprint density at radius 2 is 2.03 bits per heavy atom. The number of benzene rings is 1. The van der Waals surface area contributed by atoms with Gasteiger partial charge in [-0.05, 0) is 25.1 Å². The summed E-state index contributed by atoms with van der Waals surface area (Å²) in [5.41, 5.74) is 12.0. The molecular weight excluding hydrogens is 394 g/mol. The van der Waals surface area contributed by atoms with Gasteiger partial charge < -0.3 is 16.2 Å². The van der Waals surface area contributed by atoms with Gasteiger partial charge in [0, 0.05) is 29.9 Å². The molecule has 0 unspecified atom stereocenters. The van der Waals surface area contributed by atoms with Crippen molar-refractivity contribution < 1.29 is 18.3 Å². The topological polar surface area (TPSA) is 122 Å². The van der Waals surface area contributed by atoms with E-state index < -0.39 is 23.6 Å². The highest BCUT2D eigenvalue weighted by atomic mass is 19.1. The van der Waals surface area contributed by atoms with Gasteiger partial charge in [0.1, 0.15) is 23.4 Å². The van der Waals surface area contributed by atoms with E-state index in [0.29, 0.717) is 16.8 Å². The van der Waals surface area contributed by atoms with Gasteiger partial charge in [-0.15, -0.1) is 0 Å². The van der Waals surface area contributed by atoms with Crippen LogP contribution in [0, 0.1) is 11.6 Å². The molecule has 0 saturated heterocycles. The number of amides is 1. The molecule has 0 saturated carbocycles. The van der Waals surface area contributed by atoms with Crippen molar-refractivity contribution in [2.75, 3.05) is 5.73 Å². The van der Waals surface area contributed by atoms with Gasteiger partial charge in [0.25, 0.3) is 5.91 Å². The molecule has 1 atom stereocenters. The number of halogens is 2. The third kappa shape index (κ3) is 3.50. The minimum absolute atomic E-state index is 0.0170. The average Bonchev–Trinajstić information content (AvgIpc) is 3.22. The molecule has 0 fully saturated rings. The van der Waals surface area contributed by atoms with Gasteiger partial charge in [-0.2, -0.15) is 5.10 Å². The second-order valence-corrected chi connectivity index (χ2v) is 6.53. The summed E-state index contributed by atoms with van der Waals surface area (Å²) in [7, 11) is 0. The molecule has 152 valence electrons. The maximum atomic E-state index is 14.0. The summed E-state index contributed by atoms with van der Waals surface area (Å²) in [4.78, 5) is 19.7. The molecule has 0 aliphatic rings. The van der Waals surface area contributed by atoms with Crippen LogP contribution >= 0.6 is 0 Å². The van der Waals surface area contributed by atoms with Crippen LogP contribution in [-0.2, 0) is 0 Å². The van der Waals surface area contributed by atoms with Gasteiger partial charge in [-0.3, -0.25) is 9.78 Å². The number of nitrogen functional groups attached to an aromatic ring is 1. The minimum atomic E-state index is -0.901. The number of hydrogen-bond donors (Lipinski definition) is 2. The Balaban J connectivity index is 1.73. The monoisotopic (exact) mass is 410 g/mol. The molecule has 0 spiro atoms. The Morgan fingerprint density at radius 1 is 1.23 bits per heavy atom. The zero-order valence-corrected chi connectivity index (χ0v) is 15.7. The Morgan fingerprint density at radius 3 is 2.73 bits per heavy atom. The largest absolute Gasteiger partial charge is 0.480 e. The summed E-state index contributed by atoms with van der Waals surface area (Å²) < 4.78 is 35.1. The Hall–Kier alpha value is -4.08. The quantitative estimate of drug-likeness (QED) is 0.522. The van der Waals surface area contributed by atoms with Gasteiger partial charge in [0.2, 0.25) is 0 Å². The van der Waals surface area contributed by atoms with Gasteiger partial charge in [-0.25, -0.2) is 18.4 Å². The standard InChI is InChI=1S/C20H16F2N6O2/c1-10(18-16(7-12(21)9-25-18)28-4-2-3-26-28)30-17-6-11-5-13(20(24)29)14(22)8-15(11)27-19(17)23/h2-10H,1H3,(H2,23,27)(H2,24,29)/t10-/m0/s1. The Bertz CT molecular complexity index is 1260. The fourth-order valence-electron chi connectivity index (χ4n) is 3.07. The molecule has 3 heterocycles. The molecular formula is C20H16F2N6O2. The molecule has 8 nitrogen and oxygen atoms in total. The summed E-state index contributed by atoms with van der Waals surface area (Å²) in [6, 6.07) is 6.87. The molecule has 3 aromatic heterocycles. The number of aromatic nitrogens is 4. The first kappa shape index (κ1) is 19.2. The van der Waals surface area contributed by atoms with Crippen molar-refractivity contribution >= 4 is 22.6 Å². The molecule has 0 radical (unpaired) electrons. The highest BCUT2D eigenvalue weighted by molar-refractivity contribution is 5.97. The van der Waals surface area contributed by atoms with Crippen LogP contribution in [-0.4, -0.2) is 25.7 Å². The summed E-state index contributed by atoms with van der Waals surface area (Å²) in [6.45, 7) is 1.70. The van der Waals surface area contributed by atoms with Gasteiger partial charge in [0.15, 0.2) is 11.6 Å². The van der Waals surface area contributed by atoms with Crippen molar-refractivity contribution in [1.29, 1.82) is 0 Å². The molecule has 10 heteroatoms. The van der Waals surface area contributed by atoms with Crippen LogP contribution in [0.3, 0.4) is 0 Å². The van der Waals surface area contributed by atoms with Crippen molar-refractivity contribution in [2.45, 2.75) is 13.0 Å². The normalized spacial score (nSPS) is 12.1. The van der Waals surface area contributed by atoms with Crippen LogP contribution < -0.4 is 16.2 Å². The number of nitrogens with two attached hydrogens (primary N) is 2. The zero-order chi connectivity index (χ0) is 21.4. The fraction of sp³-hybridized carbons (Fsp3) is 0.100. The van der Waals surface area contributed by atoms with E-state index in [1.54, 1.807) is 25.4 Å². The van der Waals surface area contributed by atoms with Crippen LogP contribution in [0.15, 0.2) is 48.9 Å². The van der Waals surface area contributed by atoms with Crippen LogP contribution in [0.4, 0.5) is 14.6 Å². The lowest BCUT2D eigenvalue weighted by Crippen LogP contribution is -2.14. The van der Waals surface area contributed by atoms with Crippen LogP contribution in [0.25, 0.3) is 16.6 Å². The van der Waals surface area contributed by atoms with Crippen molar-refractivity contribution in [1.82, 2.24) is 19.7 Å². The second-order valence-electron chi connectivity index (χ2n) is 6.53. The number of fused-ring (bicyclic) bond motifs is 1. The Kier molecular flexibility index (Phi) is 4.74. The predicted octanol–water partition coefficient (Wildman–Crippen LogP) is 2.91. The highest BCUT2D eigenvalue weighted by Crippen LogP contribution is 2.31. The zero-order valence-electron chi connectivity index (χ0n) is 15.7.